The Morgan fingerprint density at radius 2 is 1.90 bits per heavy atom. The first-order valence-electron chi connectivity index (χ1n) is 13.9. The number of amides is 3. The molecule has 39 heavy (non-hydrogen) atoms. The molecule has 0 radical (unpaired) electrons. The van der Waals surface area contributed by atoms with Gasteiger partial charge in [0.1, 0.15) is 0 Å². The molecule has 212 valence electrons. The van der Waals surface area contributed by atoms with E-state index in [9.17, 15) is 14.0 Å². The smallest absolute Gasteiger partial charge is 0.321 e. The first-order valence-corrected chi connectivity index (χ1v) is 14.3. The summed E-state index contributed by atoms with van der Waals surface area (Å²) in [4.78, 5) is 36.7. The molecule has 0 bridgehead atoms. The van der Waals surface area contributed by atoms with Crippen LogP contribution in [0.15, 0.2) is 30.3 Å². The molecular formula is C30H41ClFN5O2. The Morgan fingerprint density at radius 1 is 1.21 bits per heavy atom. The van der Waals surface area contributed by atoms with Gasteiger partial charge in [0, 0.05) is 48.8 Å². The molecule has 2 atom stereocenters. The Morgan fingerprint density at radius 3 is 2.51 bits per heavy atom. The largest absolute Gasteiger partial charge is 0.352 e. The van der Waals surface area contributed by atoms with Crippen LogP contribution in [0.2, 0.25) is 5.02 Å². The predicted octanol–water partition coefficient (Wildman–Crippen LogP) is 5.74. The highest BCUT2D eigenvalue weighted by Gasteiger charge is 2.46. The Balaban J connectivity index is 1.35. The molecule has 0 aliphatic carbocycles. The Labute approximate surface area is 236 Å². The van der Waals surface area contributed by atoms with Gasteiger partial charge in [-0.25, -0.2) is 9.78 Å². The Hall–Kier alpha value is -2.71. The summed E-state index contributed by atoms with van der Waals surface area (Å²) in [5.41, 5.74) is 2.25. The molecule has 2 aliphatic rings. The number of halogens is 2. The molecule has 2 aromatic rings. The summed E-state index contributed by atoms with van der Waals surface area (Å²) in [6, 6.07) is 9.69. The van der Waals surface area contributed by atoms with E-state index in [1.54, 1.807) is 13.8 Å². The molecule has 0 saturated carbocycles. The molecule has 4 rings (SSSR count). The molecule has 2 unspecified atom stereocenters. The highest BCUT2D eigenvalue weighted by atomic mass is 35.5. The van der Waals surface area contributed by atoms with Crippen molar-refractivity contribution in [3.8, 4) is 0 Å². The average Bonchev–Trinajstić information content (AvgIpc) is 3.21. The second-order valence-electron chi connectivity index (χ2n) is 11.9. The molecule has 1 aromatic heterocycles. The van der Waals surface area contributed by atoms with Gasteiger partial charge < -0.3 is 20.0 Å². The fraction of sp³-hybridized carbons (Fsp3) is 0.567. The molecule has 2 fully saturated rings. The summed E-state index contributed by atoms with van der Waals surface area (Å²) in [7, 11) is 0. The molecule has 1 N–H and O–H groups in total. The monoisotopic (exact) mass is 557 g/mol. The zero-order chi connectivity index (χ0) is 28.5. The van der Waals surface area contributed by atoms with Crippen LogP contribution in [0.4, 0.5) is 9.18 Å². The molecule has 1 aromatic carbocycles. The highest BCUT2D eigenvalue weighted by molar-refractivity contribution is 6.30. The van der Waals surface area contributed by atoms with Gasteiger partial charge in [-0.15, -0.1) is 0 Å². The van der Waals surface area contributed by atoms with Gasteiger partial charge in [0.05, 0.1) is 17.3 Å². The summed E-state index contributed by atoms with van der Waals surface area (Å²) in [6.07, 6.45) is 2.60. The van der Waals surface area contributed by atoms with Gasteiger partial charge in [-0.3, -0.25) is 4.79 Å². The predicted molar refractivity (Wildman–Crippen MR) is 153 cm³/mol. The number of hydrogen-bond acceptors (Lipinski definition) is 4. The number of nitrogens with zero attached hydrogens (tertiary/aromatic N) is 4. The lowest BCUT2D eigenvalue weighted by Crippen LogP contribution is -2.51. The summed E-state index contributed by atoms with van der Waals surface area (Å²) in [5, 5.41) is 3.67. The minimum atomic E-state index is -0.570. The molecule has 2 aliphatic heterocycles. The van der Waals surface area contributed by atoms with E-state index in [2.05, 4.69) is 53.9 Å². The molecule has 9 heteroatoms. The number of carbonyl (C=O) groups is 2. The van der Waals surface area contributed by atoms with Gasteiger partial charge in [-0.1, -0.05) is 23.7 Å². The van der Waals surface area contributed by atoms with Crippen LogP contribution >= 0.6 is 11.6 Å². The first kappa shape index (κ1) is 29.3. The highest BCUT2D eigenvalue weighted by Crippen LogP contribution is 2.38. The summed E-state index contributed by atoms with van der Waals surface area (Å²) in [5.74, 6) is -0.786. The third-order valence-corrected chi connectivity index (χ3v) is 8.38. The number of urea groups is 1. The maximum absolute atomic E-state index is 13.7. The minimum Gasteiger partial charge on any atom is -0.352 e. The standard InChI is InChI=1S/C30H41ClFN5O2/c1-19-16-26(32)34-21(3)27(19)28(38)33-13-10-20(2)35-14-11-24(12-15-35)37-25(22-8-7-9-23(31)17-22)18-36(29(37)39)30(4,5)6/h7-9,16-17,20,24-25H,10-15,18H2,1-6H3,(H,33,38). The van der Waals surface area contributed by atoms with E-state index >= 15 is 0 Å². The van der Waals surface area contributed by atoms with Crippen molar-refractivity contribution in [1.29, 1.82) is 0 Å². The van der Waals surface area contributed by atoms with Crippen LogP contribution in [0.3, 0.4) is 0 Å². The number of pyridine rings is 1. The van der Waals surface area contributed by atoms with Gasteiger partial charge in [-0.2, -0.15) is 4.39 Å². The second-order valence-corrected chi connectivity index (χ2v) is 12.4. The Bertz CT molecular complexity index is 1190. The number of nitrogens with one attached hydrogen (secondary N) is 1. The fourth-order valence-corrected chi connectivity index (χ4v) is 6.16. The van der Waals surface area contributed by atoms with Crippen molar-refractivity contribution in [3.63, 3.8) is 0 Å². The van der Waals surface area contributed by atoms with Crippen molar-refractivity contribution < 1.29 is 14.0 Å². The molecule has 7 nitrogen and oxygen atoms in total. The van der Waals surface area contributed by atoms with E-state index in [1.165, 1.54) is 6.07 Å². The normalized spacial score (nSPS) is 20.0. The van der Waals surface area contributed by atoms with E-state index in [1.807, 2.05) is 23.1 Å². The lowest BCUT2D eigenvalue weighted by Gasteiger charge is -2.41. The zero-order valence-electron chi connectivity index (χ0n) is 23.9. The summed E-state index contributed by atoms with van der Waals surface area (Å²) >= 11 is 6.32. The number of piperidine rings is 1. The first-order chi connectivity index (χ1) is 18.4. The quantitative estimate of drug-likeness (QED) is 0.441. The lowest BCUT2D eigenvalue weighted by atomic mass is 9.97. The van der Waals surface area contributed by atoms with Crippen molar-refractivity contribution in [3.05, 3.63) is 63.7 Å². The fourth-order valence-electron chi connectivity index (χ4n) is 5.96. The minimum absolute atomic E-state index is 0.0209. The third-order valence-electron chi connectivity index (χ3n) is 8.14. The number of rotatable bonds is 7. The van der Waals surface area contributed by atoms with Gasteiger partial charge in [0.15, 0.2) is 0 Å². The summed E-state index contributed by atoms with van der Waals surface area (Å²) < 4.78 is 13.5. The number of hydrogen-bond donors (Lipinski definition) is 1. The van der Waals surface area contributed by atoms with E-state index < -0.39 is 5.95 Å². The maximum atomic E-state index is 13.7. The third kappa shape index (κ3) is 6.55. The SMILES string of the molecule is Cc1cc(F)nc(C)c1C(=O)NCCC(C)N1CCC(N2C(=O)N(C(C)(C)C)CC2c2cccc(Cl)c2)CC1. The molecular weight excluding hydrogens is 517 g/mol. The van der Waals surface area contributed by atoms with Crippen molar-refractivity contribution in [2.75, 3.05) is 26.2 Å². The van der Waals surface area contributed by atoms with Crippen molar-refractivity contribution in [1.82, 2.24) is 25.0 Å². The number of carbonyl (C=O) groups excluding carboxylic acids is 2. The molecule has 3 heterocycles. The maximum Gasteiger partial charge on any atom is 0.321 e. The van der Waals surface area contributed by atoms with Crippen LogP contribution in [0.25, 0.3) is 0 Å². The van der Waals surface area contributed by atoms with E-state index in [-0.39, 0.29) is 35.6 Å². The number of likely N-dealkylation sites (tertiary alicyclic amines) is 1. The zero-order valence-corrected chi connectivity index (χ0v) is 24.7. The number of benzene rings is 1. The van der Waals surface area contributed by atoms with Gasteiger partial charge >= 0.3 is 6.03 Å². The Kier molecular flexibility index (Phi) is 8.86. The summed E-state index contributed by atoms with van der Waals surface area (Å²) in [6.45, 7) is 14.8. The van der Waals surface area contributed by atoms with Crippen LogP contribution in [0.5, 0.6) is 0 Å². The van der Waals surface area contributed by atoms with E-state index in [0.29, 0.717) is 34.9 Å². The molecule has 3 amide bonds. The van der Waals surface area contributed by atoms with Gasteiger partial charge in [0.2, 0.25) is 5.95 Å². The van der Waals surface area contributed by atoms with Crippen LogP contribution in [0.1, 0.15) is 80.2 Å². The second kappa shape index (κ2) is 11.8. The van der Waals surface area contributed by atoms with Gasteiger partial charge in [-0.05, 0) is 90.1 Å². The average molecular weight is 558 g/mol. The number of aryl methyl sites for hydroxylation is 2. The lowest BCUT2D eigenvalue weighted by molar-refractivity contribution is 0.0872. The molecule has 0 spiro atoms. The number of aromatic nitrogens is 1. The van der Waals surface area contributed by atoms with Crippen molar-refractivity contribution in [2.45, 2.75) is 84.5 Å². The van der Waals surface area contributed by atoms with Gasteiger partial charge in [0.25, 0.3) is 5.91 Å². The topological polar surface area (TPSA) is 68.8 Å². The van der Waals surface area contributed by atoms with Crippen molar-refractivity contribution in [2.24, 2.45) is 0 Å². The van der Waals surface area contributed by atoms with Crippen LogP contribution < -0.4 is 5.32 Å². The van der Waals surface area contributed by atoms with Crippen LogP contribution in [-0.2, 0) is 0 Å². The van der Waals surface area contributed by atoms with Crippen LogP contribution in [0, 0.1) is 19.8 Å². The van der Waals surface area contributed by atoms with Crippen molar-refractivity contribution >= 4 is 23.5 Å². The van der Waals surface area contributed by atoms with E-state index in [4.69, 9.17) is 11.6 Å². The van der Waals surface area contributed by atoms with Crippen LogP contribution in [-0.4, -0.2) is 75.4 Å². The van der Waals surface area contributed by atoms with E-state index in [0.717, 1.165) is 37.9 Å². The molecule has 2 saturated heterocycles.